The van der Waals surface area contributed by atoms with E-state index in [-0.39, 0.29) is 184 Å². The number of rotatable bonds is 12. The van der Waals surface area contributed by atoms with Gasteiger partial charge >= 0.3 is 87.6 Å². The first-order valence-electron chi connectivity index (χ1n) is 24.2. The average molecular weight is 1740 g/mol. The van der Waals surface area contributed by atoms with Gasteiger partial charge in [-0.25, -0.2) is 56.2 Å². The van der Waals surface area contributed by atoms with Gasteiger partial charge in [-0.3, -0.25) is 0 Å². The van der Waals surface area contributed by atoms with Gasteiger partial charge < -0.3 is 121 Å². The summed E-state index contributed by atoms with van der Waals surface area (Å²) >= 11 is 63.8. The molecule has 0 aliphatic carbocycles. The molecule has 0 bridgehead atoms. The number of hydrogen-bond acceptors (Lipinski definition) is 36. The van der Waals surface area contributed by atoms with Gasteiger partial charge in [0, 0.05) is 144 Å². The van der Waals surface area contributed by atoms with Crippen LogP contribution < -0.4 is 59.1 Å². The first-order chi connectivity index (χ1) is 41.7. The zero-order valence-electron chi connectivity index (χ0n) is 57.3. The van der Waals surface area contributed by atoms with Crippen LogP contribution in [-0.2, 0) is 95.5 Å². The van der Waals surface area contributed by atoms with E-state index in [0.29, 0.717) is 57.3 Å². The second-order valence-electron chi connectivity index (χ2n) is 18.3. The van der Waals surface area contributed by atoms with Crippen LogP contribution in [0.25, 0.3) is 0 Å². The molecule has 12 aromatic heterocycles. The molecule has 12 rings (SSSR count). The second kappa shape index (κ2) is 47.9. The van der Waals surface area contributed by atoms with Crippen molar-refractivity contribution in [1.82, 2.24) is 236 Å². The molecular formula is C24H66B4N48Na4O12S12. The summed E-state index contributed by atoms with van der Waals surface area (Å²) in [7, 11) is 13.0. The molecule has 0 unspecified atom stereocenters. The van der Waals surface area contributed by atoms with Crippen LogP contribution in [-0.4, -0.2) is 379 Å². The molecule has 0 spiro atoms. The summed E-state index contributed by atoms with van der Waals surface area (Å²) in [4.78, 5) is 0. The molecule has 80 heteroatoms. The largest absolute Gasteiger partial charge is 1.00 e. The number of hydrogen-bond donors (Lipinski definition) is 0. The Hall–Kier alpha value is -4.74. The van der Waals surface area contributed by atoms with Crippen molar-refractivity contribution in [3.8, 4) is 0 Å². The van der Waals surface area contributed by atoms with Gasteiger partial charge in [-0.2, -0.15) is 0 Å². The van der Waals surface area contributed by atoms with Gasteiger partial charge in [-0.1, -0.05) is 62.6 Å². The Morgan fingerprint density at radius 2 is 0.221 bits per heavy atom. The molecule has 0 aromatic carbocycles. The molecule has 26 N–H and O–H groups in total. The minimum Gasteiger partial charge on any atom is -0.457 e. The predicted octanol–water partition coefficient (Wildman–Crippen LogP) is -23.5. The van der Waals surface area contributed by atoms with Crippen molar-refractivity contribution in [3.63, 3.8) is 0 Å². The number of aromatic nitrogens is 48. The van der Waals surface area contributed by atoms with Crippen molar-refractivity contribution in [2.24, 2.45) is 84.6 Å². The topological polar surface area (TPSA) is 809 Å². The standard InChI is InChI=1S/4C6H10BN12S3.4Na.12H2O/c4*1-14-4(20)17(11-8-14)7(18-5(21)15(2)9-12-18)19-6(22)16(3)10-13-19;;;;;;;;;;;;;;;;/h4*7H,1-3H3;;;;;12*1H2/q4*-1;;;2*+1;;;;;;;;;;;;/p+2. The van der Waals surface area contributed by atoms with E-state index in [1.54, 1.807) is 84.6 Å². The Kier molecular flexibility index (Phi) is 53.0. The molecule has 0 amide bonds. The Balaban J connectivity index is -0.000000187. The number of aryl methyl sites for hydroxylation is 12. The van der Waals surface area contributed by atoms with Crippen LogP contribution in [0.3, 0.4) is 0 Å². The van der Waals surface area contributed by atoms with E-state index in [9.17, 15) is 0 Å². The SMILES string of the molecule is Cn1nnn([BH-](n2nnn(C)c2=S)n2nnn(C)c2=S)c1=S.Cn1nnn([BH-](n2nnn(C)c2=S)n2nnn(C)c2=S)c1=S.Cn1nnn([BH-](n2nnn(C)c2=S)n2nnn(C)c2=S)c1=S.Cn1nnn([BH-](n2nnn(C)c2=S)n2nnn(C)c2=S)c1=S.O.O.O.O.O.O.O.O.O.O.[Na+].[Na+].[Na].[Na].[OH3+].[OH3+]. The molecule has 12 aromatic rings. The zero-order valence-corrected chi connectivity index (χ0v) is 75.1. The number of nitrogens with zero attached hydrogens (tertiary/aromatic N) is 48. The first-order valence-corrected chi connectivity index (χ1v) is 29.1. The molecule has 0 aliphatic heterocycles. The maximum Gasteiger partial charge on any atom is 1.00 e. The summed E-state index contributed by atoms with van der Waals surface area (Å²) in [6.07, 6.45) is 0. The van der Waals surface area contributed by atoms with Crippen molar-refractivity contribution >= 4 is 234 Å². The van der Waals surface area contributed by atoms with Crippen LogP contribution >= 0.6 is 147 Å². The summed E-state index contributed by atoms with van der Waals surface area (Å²) in [5, 5.41) is 95.4. The zero-order chi connectivity index (χ0) is 64.1. The summed E-state index contributed by atoms with van der Waals surface area (Å²) < 4.78 is 39.8. The van der Waals surface area contributed by atoms with Crippen molar-refractivity contribution < 1.29 is 125 Å². The van der Waals surface area contributed by atoms with Gasteiger partial charge in [0.2, 0.25) is 0 Å². The molecule has 562 valence electrons. The fraction of sp³-hybridized carbons (Fsp3) is 0.500. The van der Waals surface area contributed by atoms with Gasteiger partial charge in [-0.05, 0) is 209 Å². The first kappa shape index (κ1) is 115. The monoisotopic (exact) mass is 1740 g/mol. The summed E-state index contributed by atoms with van der Waals surface area (Å²) in [6, 6.07) is 0. The van der Waals surface area contributed by atoms with Crippen LogP contribution in [0.4, 0.5) is 0 Å². The predicted molar refractivity (Wildman–Crippen MR) is 389 cm³/mol. The molecule has 0 atom stereocenters. The van der Waals surface area contributed by atoms with Gasteiger partial charge in [0.1, 0.15) is 0 Å². The van der Waals surface area contributed by atoms with Crippen molar-refractivity contribution in [2.75, 3.05) is 0 Å². The van der Waals surface area contributed by atoms with Gasteiger partial charge in [0.15, 0.2) is 57.3 Å². The second-order valence-corrected chi connectivity index (χ2v) is 22.7. The Labute approximate surface area is 728 Å². The summed E-state index contributed by atoms with van der Waals surface area (Å²) in [6.45, 7) is 0. The fourth-order valence-corrected chi connectivity index (χ4v) is 10.1. The average Bonchev–Trinajstić information content (AvgIpc) is 1.59. The molecule has 0 fully saturated rings. The third kappa shape index (κ3) is 22.7. The quantitative estimate of drug-likeness (QED) is 0.0622. The molecule has 2 radical (unpaired) electrons. The van der Waals surface area contributed by atoms with Crippen molar-refractivity contribution in [2.45, 2.75) is 0 Å². The summed E-state index contributed by atoms with van der Waals surface area (Å²) in [5.74, 6) is 0. The smallest absolute Gasteiger partial charge is 0.457 e. The number of tetrazole rings is 12. The van der Waals surface area contributed by atoms with E-state index in [1.165, 1.54) is 111 Å². The molecule has 0 saturated carbocycles. The van der Waals surface area contributed by atoms with Crippen LogP contribution in [0.1, 0.15) is 0 Å². The van der Waals surface area contributed by atoms with E-state index in [0.717, 1.165) is 0 Å². The maximum atomic E-state index is 5.32. The van der Waals surface area contributed by atoms with E-state index < -0.39 is 28.5 Å². The van der Waals surface area contributed by atoms with Gasteiger partial charge in [0.25, 0.3) is 0 Å². The molecule has 0 aliphatic rings. The van der Waals surface area contributed by atoms with Crippen LogP contribution in [0.5, 0.6) is 0 Å². The third-order valence-electron chi connectivity index (χ3n) is 12.6. The van der Waals surface area contributed by atoms with Gasteiger partial charge in [0.05, 0.1) is 0 Å². The maximum absolute atomic E-state index is 5.32. The molecule has 60 nitrogen and oxygen atoms in total. The Morgan fingerprint density at radius 3 is 0.260 bits per heavy atom. The van der Waals surface area contributed by atoms with E-state index >= 15 is 0 Å². The Morgan fingerprint density at radius 1 is 0.163 bits per heavy atom. The molecule has 12 heterocycles. The van der Waals surface area contributed by atoms with Crippen LogP contribution in [0, 0.1) is 57.3 Å². The van der Waals surface area contributed by atoms with Gasteiger partial charge in [-0.15, -0.1) is 0 Å². The molecule has 0 saturated heterocycles. The fourth-order valence-electron chi connectivity index (χ4n) is 7.88. The van der Waals surface area contributed by atoms with E-state index in [1.807, 2.05) is 0 Å². The third-order valence-corrected chi connectivity index (χ3v) is 18.3. The summed E-state index contributed by atoms with van der Waals surface area (Å²) in [5.41, 5.74) is 0. The molecule has 104 heavy (non-hydrogen) atoms. The van der Waals surface area contributed by atoms with Crippen molar-refractivity contribution in [1.29, 1.82) is 0 Å². The van der Waals surface area contributed by atoms with E-state index in [2.05, 4.69) is 125 Å². The minimum atomic E-state index is -1.82. The van der Waals surface area contributed by atoms with Crippen LogP contribution in [0.15, 0.2) is 0 Å². The minimum absolute atomic E-state index is 0. The normalized spacial score (nSPS) is 9.69. The van der Waals surface area contributed by atoms with Crippen LogP contribution in [0.2, 0.25) is 0 Å². The Bertz CT molecular complexity index is 4200. The van der Waals surface area contributed by atoms with Crippen molar-refractivity contribution in [3.05, 3.63) is 57.3 Å². The van der Waals surface area contributed by atoms with E-state index in [4.69, 9.17) is 147 Å². The molecular weight excluding hydrogens is 1670 g/mol.